The SMILES string of the molecule is CCCCNC(=O)NS(=O)(=O)c1ccc(NC(=O)c2cc(Cl)ccc2NS(=O)(=O)c2ccc(Cl)cc2)cc1. The molecule has 10 nitrogen and oxygen atoms in total. The Balaban J connectivity index is 1.75. The first-order valence-corrected chi connectivity index (χ1v) is 14.9. The van der Waals surface area contributed by atoms with E-state index < -0.39 is 32.0 Å². The molecule has 38 heavy (non-hydrogen) atoms. The van der Waals surface area contributed by atoms with Crippen molar-refractivity contribution in [2.45, 2.75) is 29.6 Å². The molecule has 3 aromatic carbocycles. The highest BCUT2D eigenvalue weighted by Gasteiger charge is 2.21. The zero-order chi connectivity index (χ0) is 27.9. The van der Waals surface area contributed by atoms with Gasteiger partial charge in [-0.15, -0.1) is 0 Å². The molecule has 0 radical (unpaired) electrons. The van der Waals surface area contributed by atoms with Gasteiger partial charge in [0.2, 0.25) is 0 Å². The van der Waals surface area contributed by atoms with Crippen molar-refractivity contribution in [2.24, 2.45) is 0 Å². The summed E-state index contributed by atoms with van der Waals surface area (Å²) in [7, 11) is -8.18. The third-order valence-electron chi connectivity index (χ3n) is 5.06. The number of hydrogen-bond donors (Lipinski definition) is 4. The van der Waals surface area contributed by atoms with Gasteiger partial charge in [0.15, 0.2) is 0 Å². The molecule has 3 rings (SSSR count). The zero-order valence-electron chi connectivity index (χ0n) is 20.0. The van der Waals surface area contributed by atoms with Gasteiger partial charge in [0, 0.05) is 22.3 Å². The summed E-state index contributed by atoms with van der Waals surface area (Å²) < 4.78 is 54.8. The maximum atomic E-state index is 13.0. The van der Waals surface area contributed by atoms with Crippen molar-refractivity contribution in [2.75, 3.05) is 16.6 Å². The molecule has 0 unspecified atom stereocenters. The Kier molecular flexibility index (Phi) is 9.60. The predicted octanol–water partition coefficient (Wildman–Crippen LogP) is 4.83. The van der Waals surface area contributed by atoms with Crippen molar-refractivity contribution < 1.29 is 26.4 Å². The average molecular weight is 600 g/mol. The summed E-state index contributed by atoms with van der Waals surface area (Å²) in [6.45, 7) is 2.27. The van der Waals surface area contributed by atoms with Crippen LogP contribution in [0.4, 0.5) is 16.2 Å². The molecule has 0 saturated carbocycles. The van der Waals surface area contributed by atoms with Crippen LogP contribution in [0.25, 0.3) is 0 Å². The summed E-state index contributed by atoms with van der Waals surface area (Å²) in [5, 5.41) is 5.57. The second kappa shape index (κ2) is 12.5. The molecule has 0 aromatic heterocycles. The van der Waals surface area contributed by atoms with Crippen LogP contribution < -0.4 is 20.1 Å². The molecule has 0 aliphatic carbocycles. The van der Waals surface area contributed by atoms with E-state index >= 15 is 0 Å². The monoisotopic (exact) mass is 598 g/mol. The molecule has 0 heterocycles. The molecule has 3 amide bonds. The number of unbranched alkanes of at least 4 members (excludes halogenated alkanes) is 1. The van der Waals surface area contributed by atoms with Crippen molar-refractivity contribution in [1.82, 2.24) is 10.0 Å². The highest BCUT2D eigenvalue weighted by atomic mass is 35.5. The van der Waals surface area contributed by atoms with Gasteiger partial charge in [0.25, 0.3) is 26.0 Å². The van der Waals surface area contributed by atoms with Gasteiger partial charge in [0.05, 0.1) is 21.0 Å². The van der Waals surface area contributed by atoms with E-state index in [-0.39, 0.29) is 31.8 Å². The summed E-state index contributed by atoms with van der Waals surface area (Å²) in [5.41, 5.74) is 0.115. The first kappa shape index (κ1) is 29.2. The van der Waals surface area contributed by atoms with Crippen molar-refractivity contribution in [3.8, 4) is 0 Å². The maximum Gasteiger partial charge on any atom is 0.328 e. The summed E-state index contributed by atoms with van der Waals surface area (Å²) >= 11 is 11.9. The number of amides is 3. The lowest BCUT2D eigenvalue weighted by molar-refractivity contribution is 0.102. The Morgan fingerprint density at radius 2 is 1.37 bits per heavy atom. The number of carbonyl (C=O) groups excluding carboxylic acids is 2. The molecule has 0 atom stereocenters. The second-order valence-electron chi connectivity index (χ2n) is 7.94. The molecule has 0 aliphatic rings. The standard InChI is InChI=1S/C24H24Cl2N4O6S2/c1-2-3-14-27-24(32)30-38(35,36)20-11-7-18(8-12-20)28-23(31)21-15-17(26)6-13-22(21)29-37(33,34)19-9-4-16(25)5-10-19/h4-13,15,29H,2-3,14H2,1H3,(H,28,31)(H2,27,30,32). The van der Waals surface area contributed by atoms with Gasteiger partial charge in [-0.2, -0.15) is 0 Å². The maximum absolute atomic E-state index is 13.0. The van der Waals surface area contributed by atoms with Gasteiger partial charge < -0.3 is 10.6 Å². The number of halogens is 2. The van der Waals surface area contributed by atoms with Crippen molar-refractivity contribution in [3.63, 3.8) is 0 Å². The number of nitrogens with one attached hydrogen (secondary N) is 4. The molecule has 0 aliphatic heterocycles. The van der Waals surface area contributed by atoms with Crippen molar-refractivity contribution in [1.29, 1.82) is 0 Å². The van der Waals surface area contributed by atoms with Gasteiger partial charge in [-0.1, -0.05) is 36.5 Å². The fourth-order valence-corrected chi connectivity index (χ4v) is 5.43. The van der Waals surface area contributed by atoms with E-state index in [0.717, 1.165) is 6.42 Å². The third-order valence-corrected chi connectivity index (χ3v) is 8.28. The molecule has 4 N–H and O–H groups in total. The lowest BCUT2D eigenvalue weighted by atomic mass is 10.1. The van der Waals surface area contributed by atoms with Gasteiger partial charge in [-0.3, -0.25) is 9.52 Å². The Hall–Kier alpha value is -3.32. The molecular weight excluding hydrogens is 575 g/mol. The Morgan fingerprint density at radius 3 is 2.00 bits per heavy atom. The van der Waals surface area contributed by atoms with E-state index in [0.29, 0.717) is 18.0 Å². The average Bonchev–Trinajstić information content (AvgIpc) is 2.85. The summed E-state index contributed by atoms with van der Waals surface area (Å²) in [4.78, 5) is 24.6. The van der Waals surface area contributed by atoms with Gasteiger partial charge in [-0.25, -0.2) is 26.4 Å². The minimum atomic E-state index is -4.13. The zero-order valence-corrected chi connectivity index (χ0v) is 23.1. The Labute approximate surface area is 230 Å². The fraction of sp³-hybridized carbons (Fsp3) is 0.167. The molecular formula is C24H24Cl2N4O6S2. The summed E-state index contributed by atoms with van der Waals surface area (Å²) in [5.74, 6) is -0.703. The van der Waals surface area contributed by atoms with Crippen LogP contribution in [0.5, 0.6) is 0 Å². The van der Waals surface area contributed by atoms with Gasteiger partial charge in [0.1, 0.15) is 0 Å². The molecule has 14 heteroatoms. The number of hydrogen-bond acceptors (Lipinski definition) is 6. The predicted molar refractivity (Wildman–Crippen MR) is 147 cm³/mol. The number of sulfonamides is 2. The van der Waals surface area contributed by atoms with Crippen molar-refractivity contribution in [3.05, 3.63) is 82.3 Å². The summed E-state index contributed by atoms with van der Waals surface area (Å²) in [6.07, 6.45) is 1.55. The van der Waals surface area contributed by atoms with Crippen molar-refractivity contribution >= 4 is 66.6 Å². The number of rotatable bonds is 10. The minimum Gasteiger partial charge on any atom is -0.337 e. The van der Waals surface area contributed by atoms with Crippen LogP contribution in [0.2, 0.25) is 10.0 Å². The van der Waals surface area contributed by atoms with E-state index in [2.05, 4.69) is 15.4 Å². The van der Waals surface area contributed by atoms with Crippen LogP contribution in [-0.2, 0) is 20.0 Å². The topological polar surface area (TPSA) is 151 Å². The van der Waals surface area contributed by atoms with E-state index in [1.807, 2.05) is 11.6 Å². The highest BCUT2D eigenvalue weighted by molar-refractivity contribution is 7.92. The van der Waals surface area contributed by atoms with Gasteiger partial charge >= 0.3 is 6.03 Å². The quantitative estimate of drug-likeness (QED) is 0.245. The number of benzene rings is 3. The third kappa shape index (κ3) is 7.84. The Bertz CT molecular complexity index is 1530. The Morgan fingerprint density at radius 1 is 0.789 bits per heavy atom. The first-order chi connectivity index (χ1) is 17.9. The summed E-state index contributed by atoms with van der Waals surface area (Å²) in [6, 6.07) is 13.8. The minimum absolute atomic E-state index is 0.0284. The van der Waals surface area contributed by atoms with Crippen LogP contribution in [0, 0.1) is 0 Å². The van der Waals surface area contributed by atoms with Crippen LogP contribution in [0.3, 0.4) is 0 Å². The molecule has 0 bridgehead atoms. The molecule has 0 saturated heterocycles. The lowest BCUT2D eigenvalue weighted by Crippen LogP contribution is -2.39. The smallest absolute Gasteiger partial charge is 0.328 e. The van der Waals surface area contributed by atoms with E-state index in [9.17, 15) is 26.4 Å². The lowest BCUT2D eigenvalue weighted by Gasteiger charge is -2.14. The first-order valence-electron chi connectivity index (χ1n) is 11.2. The molecule has 202 valence electrons. The number of carbonyl (C=O) groups is 2. The van der Waals surface area contributed by atoms with E-state index in [4.69, 9.17) is 23.2 Å². The normalized spacial score (nSPS) is 11.4. The van der Waals surface area contributed by atoms with E-state index in [1.165, 1.54) is 66.7 Å². The van der Waals surface area contributed by atoms with Gasteiger partial charge in [-0.05, 0) is 73.2 Å². The second-order valence-corrected chi connectivity index (χ2v) is 12.2. The number of urea groups is 1. The van der Waals surface area contributed by atoms with E-state index in [1.54, 1.807) is 0 Å². The van der Waals surface area contributed by atoms with Crippen LogP contribution in [-0.4, -0.2) is 35.3 Å². The fourth-order valence-electron chi connectivity index (χ4n) is 3.12. The van der Waals surface area contributed by atoms with Crippen LogP contribution in [0.15, 0.2) is 76.5 Å². The number of anilines is 2. The molecule has 0 spiro atoms. The molecule has 3 aromatic rings. The molecule has 0 fully saturated rings. The van der Waals surface area contributed by atoms with Crippen LogP contribution in [0.1, 0.15) is 30.1 Å². The largest absolute Gasteiger partial charge is 0.337 e. The highest BCUT2D eigenvalue weighted by Crippen LogP contribution is 2.26. The van der Waals surface area contributed by atoms with Crippen LogP contribution >= 0.6 is 23.2 Å².